The number of rotatable bonds is 5. The molecule has 0 heterocycles. The second-order valence-corrected chi connectivity index (χ2v) is 5.72. The summed E-state index contributed by atoms with van der Waals surface area (Å²) >= 11 is 0. The van der Waals surface area contributed by atoms with Gasteiger partial charge in [-0.25, -0.2) is 4.39 Å². The molecule has 3 atom stereocenters. The molecule has 1 aliphatic carbocycles. The van der Waals surface area contributed by atoms with Crippen molar-refractivity contribution in [2.45, 2.75) is 24.8 Å². The molecule has 2 N–H and O–H groups in total. The van der Waals surface area contributed by atoms with Crippen molar-refractivity contribution >= 4 is 0 Å². The van der Waals surface area contributed by atoms with Gasteiger partial charge in [-0.05, 0) is 41.9 Å². The lowest BCUT2D eigenvalue weighted by atomic mass is 9.99. The largest absolute Gasteiger partial charge is 0.494 e. The molecular weight excluding hydrogens is 265 g/mol. The molecule has 21 heavy (non-hydrogen) atoms. The van der Waals surface area contributed by atoms with Gasteiger partial charge < -0.3 is 10.5 Å². The number of hydrogen-bond acceptors (Lipinski definition) is 2. The van der Waals surface area contributed by atoms with E-state index in [2.05, 4.69) is 24.3 Å². The average molecular weight is 285 g/mol. The molecule has 2 aromatic rings. The fourth-order valence-electron chi connectivity index (χ4n) is 3.05. The number of halogens is 1. The Labute approximate surface area is 124 Å². The van der Waals surface area contributed by atoms with E-state index in [0.29, 0.717) is 23.8 Å². The third kappa shape index (κ3) is 2.93. The summed E-state index contributed by atoms with van der Waals surface area (Å²) < 4.78 is 19.2. The lowest BCUT2D eigenvalue weighted by Gasteiger charge is -2.13. The summed E-state index contributed by atoms with van der Waals surface area (Å²) in [5.41, 5.74) is 8.27. The predicted octanol–water partition coefficient (Wildman–Crippen LogP) is 3.51. The van der Waals surface area contributed by atoms with Crippen LogP contribution in [0.4, 0.5) is 4.39 Å². The van der Waals surface area contributed by atoms with Crippen molar-refractivity contribution in [3.05, 3.63) is 65.5 Å². The van der Waals surface area contributed by atoms with E-state index in [1.807, 2.05) is 12.1 Å². The maximum atomic E-state index is 14.2. The topological polar surface area (TPSA) is 35.2 Å². The molecule has 2 aromatic carbocycles. The molecule has 0 aromatic heterocycles. The monoisotopic (exact) mass is 285 g/mol. The Bertz CT molecular complexity index is 614. The highest BCUT2D eigenvalue weighted by atomic mass is 19.1. The summed E-state index contributed by atoms with van der Waals surface area (Å²) in [6, 6.07) is 15.6. The second kappa shape index (κ2) is 5.86. The molecule has 0 bridgehead atoms. The van der Waals surface area contributed by atoms with E-state index >= 15 is 0 Å². The average Bonchev–Trinajstić information content (AvgIpc) is 3.31. The number of ether oxygens (including phenoxy) is 1. The van der Waals surface area contributed by atoms with Crippen LogP contribution in [0.2, 0.25) is 0 Å². The maximum absolute atomic E-state index is 14.2. The minimum atomic E-state index is -0.285. The number of methoxy groups -OCH3 is 1. The lowest BCUT2D eigenvalue weighted by molar-refractivity contribution is 0.383. The Morgan fingerprint density at radius 1 is 1.19 bits per heavy atom. The van der Waals surface area contributed by atoms with Crippen molar-refractivity contribution in [2.24, 2.45) is 11.7 Å². The zero-order valence-corrected chi connectivity index (χ0v) is 12.1. The van der Waals surface area contributed by atoms with Crippen LogP contribution in [0.25, 0.3) is 0 Å². The lowest BCUT2D eigenvalue weighted by Crippen LogP contribution is -2.26. The van der Waals surface area contributed by atoms with E-state index < -0.39 is 0 Å². The van der Waals surface area contributed by atoms with Gasteiger partial charge in [0.1, 0.15) is 0 Å². The molecule has 0 amide bonds. The van der Waals surface area contributed by atoms with E-state index in [1.165, 1.54) is 12.7 Å². The van der Waals surface area contributed by atoms with Gasteiger partial charge in [0.15, 0.2) is 11.6 Å². The molecule has 1 fully saturated rings. The van der Waals surface area contributed by atoms with Crippen LogP contribution in [0.3, 0.4) is 0 Å². The van der Waals surface area contributed by atoms with Gasteiger partial charge in [0, 0.05) is 6.04 Å². The third-order valence-electron chi connectivity index (χ3n) is 4.34. The molecule has 3 heteroatoms. The molecule has 0 radical (unpaired) electrons. The van der Waals surface area contributed by atoms with Gasteiger partial charge in [0.2, 0.25) is 0 Å². The number of hydrogen-bond donors (Lipinski definition) is 1. The second-order valence-electron chi connectivity index (χ2n) is 5.72. The first kappa shape index (κ1) is 14.1. The third-order valence-corrected chi connectivity index (χ3v) is 4.34. The van der Waals surface area contributed by atoms with Gasteiger partial charge in [-0.15, -0.1) is 0 Å². The Morgan fingerprint density at radius 3 is 2.67 bits per heavy atom. The molecule has 1 saturated carbocycles. The summed E-state index contributed by atoms with van der Waals surface area (Å²) in [5, 5.41) is 0. The Morgan fingerprint density at radius 2 is 1.95 bits per heavy atom. The summed E-state index contributed by atoms with van der Waals surface area (Å²) in [7, 11) is 1.48. The summed E-state index contributed by atoms with van der Waals surface area (Å²) in [6.07, 6.45) is 1.65. The van der Waals surface area contributed by atoms with Crippen molar-refractivity contribution < 1.29 is 9.13 Å². The molecule has 3 rings (SSSR count). The minimum Gasteiger partial charge on any atom is -0.494 e. The van der Waals surface area contributed by atoms with Crippen LogP contribution in [-0.4, -0.2) is 13.2 Å². The molecule has 1 aliphatic rings. The number of benzene rings is 2. The van der Waals surface area contributed by atoms with E-state index in [-0.39, 0.29) is 17.6 Å². The van der Waals surface area contributed by atoms with Crippen LogP contribution in [0.1, 0.15) is 23.5 Å². The smallest absolute Gasteiger partial charge is 0.168 e. The molecule has 110 valence electrons. The normalized spacial score (nSPS) is 21.9. The molecule has 0 saturated heterocycles. The van der Waals surface area contributed by atoms with Crippen LogP contribution in [0.15, 0.2) is 48.5 Å². The quantitative estimate of drug-likeness (QED) is 0.912. The Kier molecular flexibility index (Phi) is 3.93. The maximum Gasteiger partial charge on any atom is 0.168 e. The van der Waals surface area contributed by atoms with Gasteiger partial charge in [0.25, 0.3) is 0 Å². The highest BCUT2D eigenvalue weighted by Crippen LogP contribution is 2.49. The van der Waals surface area contributed by atoms with E-state index in [0.717, 1.165) is 6.42 Å². The zero-order chi connectivity index (χ0) is 14.8. The van der Waals surface area contributed by atoms with E-state index in [9.17, 15) is 4.39 Å². The van der Waals surface area contributed by atoms with Crippen molar-refractivity contribution in [3.63, 3.8) is 0 Å². The van der Waals surface area contributed by atoms with Crippen molar-refractivity contribution in [2.75, 3.05) is 7.11 Å². The molecule has 2 nitrogen and oxygen atoms in total. The molecule has 0 spiro atoms. The van der Waals surface area contributed by atoms with Crippen molar-refractivity contribution in [1.29, 1.82) is 0 Å². The standard InChI is InChI=1S/C18H20FNO/c1-21-17-9-5-8-13(18(17)19)10-16(20)15-11-14(15)12-6-3-2-4-7-12/h2-9,14-16H,10-11,20H2,1H3. The van der Waals surface area contributed by atoms with Crippen LogP contribution < -0.4 is 10.5 Å². The first-order chi connectivity index (χ1) is 10.2. The number of nitrogens with two attached hydrogens (primary N) is 1. The van der Waals surface area contributed by atoms with Gasteiger partial charge in [-0.1, -0.05) is 42.5 Å². The van der Waals surface area contributed by atoms with E-state index in [4.69, 9.17) is 10.5 Å². The molecule has 3 unspecified atom stereocenters. The first-order valence-electron chi connectivity index (χ1n) is 7.32. The highest BCUT2D eigenvalue weighted by molar-refractivity contribution is 5.33. The van der Waals surface area contributed by atoms with Crippen molar-refractivity contribution in [3.8, 4) is 5.75 Å². The fraction of sp³-hybridized carbons (Fsp3) is 0.333. The van der Waals surface area contributed by atoms with Crippen LogP contribution >= 0.6 is 0 Å². The summed E-state index contributed by atoms with van der Waals surface area (Å²) in [4.78, 5) is 0. The van der Waals surface area contributed by atoms with Gasteiger partial charge in [-0.3, -0.25) is 0 Å². The van der Waals surface area contributed by atoms with Crippen molar-refractivity contribution in [1.82, 2.24) is 0 Å². The van der Waals surface area contributed by atoms with Crippen LogP contribution in [0, 0.1) is 11.7 Å². The minimum absolute atomic E-state index is 0.0168. The highest BCUT2D eigenvalue weighted by Gasteiger charge is 2.42. The SMILES string of the molecule is COc1cccc(CC(N)C2CC2c2ccccc2)c1F. The summed E-state index contributed by atoms with van der Waals surface area (Å²) in [5.74, 6) is 0.968. The van der Waals surface area contributed by atoms with Gasteiger partial charge in [-0.2, -0.15) is 0 Å². The predicted molar refractivity (Wildman–Crippen MR) is 81.9 cm³/mol. The van der Waals surface area contributed by atoms with Gasteiger partial charge in [0.05, 0.1) is 7.11 Å². The Hall–Kier alpha value is -1.87. The van der Waals surface area contributed by atoms with E-state index in [1.54, 1.807) is 12.1 Å². The fourth-order valence-corrected chi connectivity index (χ4v) is 3.05. The van der Waals surface area contributed by atoms with Crippen LogP contribution in [0.5, 0.6) is 5.75 Å². The zero-order valence-electron chi connectivity index (χ0n) is 12.1. The van der Waals surface area contributed by atoms with Crippen LogP contribution in [-0.2, 0) is 6.42 Å². The molecular formula is C18H20FNO. The molecule has 0 aliphatic heterocycles. The Balaban J connectivity index is 1.67. The summed E-state index contributed by atoms with van der Waals surface area (Å²) in [6.45, 7) is 0. The first-order valence-corrected chi connectivity index (χ1v) is 7.32. The van der Waals surface area contributed by atoms with Gasteiger partial charge >= 0.3 is 0 Å².